The van der Waals surface area contributed by atoms with Crippen molar-refractivity contribution in [2.45, 2.75) is 45.6 Å². The first-order chi connectivity index (χ1) is 7.15. The van der Waals surface area contributed by atoms with Gasteiger partial charge in [0.2, 0.25) is 0 Å². The lowest BCUT2D eigenvalue weighted by atomic mass is 10.0. The molecule has 1 saturated carbocycles. The molecule has 1 unspecified atom stereocenters. The first-order valence-electron chi connectivity index (χ1n) is 5.90. The standard InChI is InChI=1S/C14H20O/c1-10-7-11(2)9-12(8-10)3-6-14(15)13-4-5-13/h7-9,13-15H,3-6H2,1-2H3. The molecule has 0 bridgehead atoms. The Balaban J connectivity index is 1.91. The zero-order chi connectivity index (χ0) is 10.8. The maximum atomic E-state index is 9.79. The minimum absolute atomic E-state index is 0.0641. The molecule has 1 aliphatic carbocycles. The molecular formula is C14H20O. The van der Waals surface area contributed by atoms with Crippen molar-refractivity contribution in [3.8, 4) is 0 Å². The lowest BCUT2D eigenvalue weighted by molar-refractivity contribution is 0.142. The molecule has 1 heteroatoms. The van der Waals surface area contributed by atoms with Crippen LogP contribution in [0, 0.1) is 19.8 Å². The minimum Gasteiger partial charge on any atom is -0.393 e. The van der Waals surface area contributed by atoms with Crippen molar-refractivity contribution in [3.63, 3.8) is 0 Å². The summed E-state index contributed by atoms with van der Waals surface area (Å²) in [6.45, 7) is 4.27. The smallest absolute Gasteiger partial charge is 0.0571 e. The first kappa shape index (κ1) is 10.7. The third-order valence-electron chi connectivity index (χ3n) is 3.18. The zero-order valence-corrected chi connectivity index (χ0v) is 9.66. The van der Waals surface area contributed by atoms with Crippen LogP contribution in [0.1, 0.15) is 36.0 Å². The number of aryl methyl sites for hydroxylation is 3. The van der Waals surface area contributed by atoms with E-state index in [1.807, 2.05) is 0 Å². The lowest BCUT2D eigenvalue weighted by Crippen LogP contribution is -2.10. The maximum absolute atomic E-state index is 9.79. The van der Waals surface area contributed by atoms with Gasteiger partial charge < -0.3 is 5.11 Å². The quantitative estimate of drug-likeness (QED) is 0.799. The van der Waals surface area contributed by atoms with Gasteiger partial charge in [-0.3, -0.25) is 0 Å². The van der Waals surface area contributed by atoms with Crippen LogP contribution in [0.2, 0.25) is 0 Å². The minimum atomic E-state index is -0.0641. The molecule has 0 spiro atoms. The van der Waals surface area contributed by atoms with E-state index in [-0.39, 0.29) is 6.10 Å². The Bertz CT molecular complexity index is 319. The van der Waals surface area contributed by atoms with E-state index < -0.39 is 0 Å². The van der Waals surface area contributed by atoms with Crippen molar-refractivity contribution < 1.29 is 5.11 Å². The van der Waals surface area contributed by atoms with Gasteiger partial charge in [-0.15, -0.1) is 0 Å². The van der Waals surface area contributed by atoms with Crippen molar-refractivity contribution in [1.82, 2.24) is 0 Å². The molecule has 1 nitrogen and oxygen atoms in total. The molecule has 0 saturated heterocycles. The van der Waals surface area contributed by atoms with Crippen LogP contribution in [0.15, 0.2) is 18.2 Å². The molecule has 1 aromatic rings. The van der Waals surface area contributed by atoms with Gasteiger partial charge in [0.25, 0.3) is 0 Å². The third-order valence-corrected chi connectivity index (χ3v) is 3.18. The van der Waals surface area contributed by atoms with Crippen LogP contribution in [0.5, 0.6) is 0 Å². The summed E-state index contributed by atoms with van der Waals surface area (Å²) in [4.78, 5) is 0. The molecule has 0 aliphatic heterocycles. The topological polar surface area (TPSA) is 20.2 Å². The van der Waals surface area contributed by atoms with E-state index in [1.165, 1.54) is 29.5 Å². The van der Waals surface area contributed by atoms with Gasteiger partial charge in [0, 0.05) is 0 Å². The van der Waals surface area contributed by atoms with E-state index in [0.717, 1.165) is 12.8 Å². The summed E-state index contributed by atoms with van der Waals surface area (Å²) < 4.78 is 0. The van der Waals surface area contributed by atoms with Gasteiger partial charge in [-0.25, -0.2) is 0 Å². The Morgan fingerprint density at radius 3 is 2.33 bits per heavy atom. The van der Waals surface area contributed by atoms with E-state index in [1.54, 1.807) is 0 Å². The highest BCUT2D eigenvalue weighted by molar-refractivity contribution is 5.28. The van der Waals surface area contributed by atoms with Gasteiger partial charge in [-0.1, -0.05) is 29.3 Å². The maximum Gasteiger partial charge on any atom is 0.0571 e. The number of rotatable bonds is 4. The van der Waals surface area contributed by atoms with Crippen molar-refractivity contribution in [1.29, 1.82) is 0 Å². The van der Waals surface area contributed by atoms with Gasteiger partial charge >= 0.3 is 0 Å². The molecule has 1 aliphatic rings. The van der Waals surface area contributed by atoms with E-state index in [4.69, 9.17) is 0 Å². The Morgan fingerprint density at radius 2 is 1.80 bits per heavy atom. The SMILES string of the molecule is Cc1cc(C)cc(CCC(O)C2CC2)c1. The fourth-order valence-electron chi connectivity index (χ4n) is 2.24. The summed E-state index contributed by atoms with van der Waals surface area (Å²) in [5.74, 6) is 0.607. The molecular weight excluding hydrogens is 184 g/mol. The molecule has 82 valence electrons. The van der Waals surface area contributed by atoms with Crippen LogP contribution in [-0.4, -0.2) is 11.2 Å². The Kier molecular flexibility index (Phi) is 3.11. The molecule has 0 aromatic heterocycles. The predicted molar refractivity (Wildman–Crippen MR) is 63.0 cm³/mol. The van der Waals surface area contributed by atoms with Crippen LogP contribution in [0.3, 0.4) is 0 Å². The number of benzene rings is 1. The summed E-state index contributed by atoms with van der Waals surface area (Å²) in [5, 5.41) is 9.79. The van der Waals surface area contributed by atoms with Crippen LogP contribution >= 0.6 is 0 Å². The van der Waals surface area contributed by atoms with Gasteiger partial charge in [0.1, 0.15) is 0 Å². The predicted octanol–water partition coefficient (Wildman–Crippen LogP) is 3.01. The molecule has 1 aromatic carbocycles. The fraction of sp³-hybridized carbons (Fsp3) is 0.571. The highest BCUT2D eigenvalue weighted by Crippen LogP contribution is 2.34. The third kappa shape index (κ3) is 3.07. The van der Waals surface area contributed by atoms with E-state index in [0.29, 0.717) is 5.92 Å². The molecule has 0 heterocycles. The van der Waals surface area contributed by atoms with Crippen molar-refractivity contribution >= 4 is 0 Å². The number of aliphatic hydroxyl groups is 1. The number of hydrogen-bond donors (Lipinski definition) is 1. The van der Waals surface area contributed by atoms with Gasteiger partial charge in [-0.05, 0) is 51.0 Å². The van der Waals surface area contributed by atoms with Crippen molar-refractivity contribution in [3.05, 3.63) is 34.9 Å². The van der Waals surface area contributed by atoms with E-state index in [9.17, 15) is 5.11 Å². The average molecular weight is 204 g/mol. The second-order valence-electron chi connectivity index (χ2n) is 4.94. The number of hydrogen-bond acceptors (Lipinski definition) is 1. The van der Waals surface area contributed by atoms with Crippen molar-refractivity contribution in [2.75, 3.05) is 0 Å². The molecule has 0 radical (unpaired) electrons. The van der Waals surface area contributed by atoms with Crippen molar-refractivity contribution in [2.24, 2.45) is 5.92 Å². The van der Waals surface area contributed by atoms with Crippen LogP contribution in [0.25, 0.3) is 0 Å². The Labute approximate surface area is 92.1 Å². The van der Waals surface area contributed by atoms with Gasteiger partial charge in [0.15, 0.2) is 0 Å². The van der Waals surface area contributed by atoms with Gasteiger partial charge in [-0.2, -0.15) is 0 Å². The second kappa shape index (κ2) is 4.36. The summed E-state index contributed by atoms with van der Waals surface area (Å²) in [6.07, 6.45) is 4.33. The average Bonchev–Trinajstić information content (AvgIpc) is 2.95. The molecule has 1 fully saturated rings. The molecule has 1 atom stereocenters. The molecule has 0 amide bonds. The normalized spacial score (nSPS) is 17.8. The molecule has 2 rings (SSSR count). The van der Waals surface area contributed by atoms with E-state index in [2.05, 4.69) is 32.0 Å². The number of aliphatic hydroxyl groups excluding tert-OH is 1. The van der Waals surface area contributed by atoms with Crippen LogP contribution in [0.4, 0.5) is 0 Å². The molecule has 15 heavy (non-hydrogen) atoms. The second-order valence-corrected chi connectivity index (χ2v) is 4.94. The van der Waals surface area contributed by atoms with Crippen LogP contribution < -0.4 is 0 Å². The molecule has 1 N–H and O–H groups in total. The highest BCUT2D eigenvalue weighted by Gasteiger charge is 2.29. The summed E-state index contributed by atoms with van der Waals surface area (Å²) in [6, 6.07) is 6.65. The lowest BCUT2D eigenvalue weighted by Gasteiger charge is -2.09. The summed E-state index contributed by atoms with van der Waals surface area (Å²) >= 11 is 0. The highest BCUT2D eigenvalue weighted by atomic mass is 16.3. The summed E-state index contributed by atoms with van der Waals surface area (Å²) in [7, 11) is 0. The largest absolute Gasteiger partial charge is 0.393 e. The monoisotopic (exact) mass is 204 g/mol. The Hall–Kier alpha value is -0.820. The first-order valence-corrected chi connectivity index (χ1v) is 5.90. The fourth-order valence-corrected chi connectivity index (χ4v) is 2.24. The van der Waals surface area contributed by atoms with Gasteiger partial charge in [0.05, 0.1) is 6.10 Å². The van der Waals surface area contributed by atoms with E-state index >= 15 is 0 Å². The zero-order valence-electron chi connectivity index (χ0n) is 9.66. The Morgan fingerprint density at radius 1 is 1.20 bits per heavy atom. The summed E-state index contributed by atoms with van der Waals surface area (Å²) in [5.41, 5.74) is 4.02. The van der Waals surface area contributed by atoms with Crippen LogP contribution in [-0.2, 0) is 6.42 Å².